The van der Waals surface area contributed by atoms with E-state index in [1.807, 2.05) is 44.2 Å². The number of hydrogen-bond acceptors (Lipinski definition) is 5. The van der Waals surface area contributed by atoms with Gasteiger partial charge in [0.25, 0.3) is 0 Å². The predicted octanol–water partition coefficient (Wildman–Crippen LogP) is 3.75. The van der Waals surface area contributed by atoms with Gasteiger partial charge in [-0.1, -0.05) is 38.1 Å². The van der Waals surface area contributed by atoms with Crippen LogP contribution in [0.25, 0.3) is 11.1 Å². The van der Waals surface area contributed by atoms with Crippen molar-refractivity contribution in [3.63, 3.8) is 0 Å². The molecule has 27 heavy (non-hydrogen) atoms. The van der Waals surface area contributed by atoms with Crippen molar-refractivity contribution in [2.45, 2.75) is 33.1 Å². The highest BCUT2D eigenvalue weighted by molar-refractivity contribution is 5.89. The molecule has 5 heteroatoms. The van der Waals surface area contributed by atoms with E-state index in [9.17, 15) is 9.59 Å². The second-order valence-corrected chi connectivity index (χ2v) is 6.78. The molecule has 1 aromatic heterocycles. The number of aromatic nitrogens is 1. The van der Waals surface area contributed by atoms with Gasteiger partial charge in [0.05, 0.1) is 25.0 Å². The average molecular weight is 367 g/mol. The molecule has 0 amide bonds. The lowest BCUT2D eigenvalue weighted by Crippen LogP contribution is -2.47. The first-order chi connectivity index (χ1) is 13.0. The van der Waals surface area contributed by atoms with Gasteiger partial charge >= 0.3 is 11.9 Å². The summed E-state index contributed by atoms with van der Waals surface area (Å²) >= 11 is 0. The Morgan fingerprint density at radius 2 is 1.48 bits per heavy atom. The lowest BCUT2D eigenvalue weighted by Gasteiger charge is -2.40. The van der Waals surface area contributed by atoms with E-state index in [4.69, 9.17) is 9.47 Å². The third-order valence-electron chi connectivity index (χ3n) is 5.58. The van der Waals surface area contributed by atoms with Crippen molar-refractivity contribution in [1.29, 1.82) is 0 Å². The molecule has 1 aliphatic rings. The van der Waals surface area contributed by atoms with Crippen molar-refractivity contribution in [3.8, 4) is 11.1 Å². The molecule has 3 rings (SSSR count). The van der Waals surface area contributed by atoms with Crippen LogP contribution in [0.1, 0.15) is 38.8 Å². The summed E-state index contributed by atoms with van der Waals surface area (Å²) in [4.78, 5) is 30.0. The molecule has 5 nitrogen and oxygen atoms in total. The molecule has 0 spiro atoms. The first-order valence-corrected chi connectivity index (χ1v) is 9.37. The van der Waals surface area contributed by atoms with Crippen LogP contribution < -0.4 is 0 Å². The molecule has 1 aromatic carbocycles. The summed E-state index contributed by atoms with van der Waals surface area (Å²) in [6.07, 6.45) is 3.50. The standard InChI is InChI=1S/C22H25NO4/c1-5-26-20(24)14(3)22(15(4)21(25)27-6-2)18-10-8-7-9-16(18)17-11-12-23-13-19(17)22/h7-15H,5-6H2,1-4H3. The SMILES string of the molecule is CCOC(=O)C(C)C1(C(C)C(=O)OCC)c2ccccc2-c2ccncc21. The molecule has 0 aliphatic heterocycles. The molecule has 2 unspecified atom stereocenters. The zero-order chi connectivity index (χ0) is 19.6. The van der Waals surface area contributed by atoms with Gasteiger partial charge in [-0.3, -0.25) is 14.6 Å². The van der Waals surface area contributed by atoms with Crippen molar-refractivity contribution in [3.05, 3.63) is 53.9 Å². The van der Waals surface area contributed by atoms with Crippen molar-refractivity contribution in [2.75, 3.05) is 13.2 Å². The number of rotatable bonds is 6. The second kappa shape index (κ2) is 7.51. The smallest absolute Gasteiger partial charge is 0.309 e. The van der Waals surface area contributed by atoms with E-state index in [1.165, 1.54) is 0 Å². The second-order valence-electron chi connectivity index (χ2n) is 6.78. The molecule has 0 bridgehead atoms. The fraction of sp³-hybridized carbons (Fsp3) is 0.409. The highest BCUT2D eigenvalue weighted by Gasteiger charge is 2.56. The quantitative estimate of drug-likeness (QED) is 0.728. The summed E-state index contributed by atoms with van der Waals surface area (Å²) in [5.74, 6) is -1.83. The molecule has 0 radical (unpaired) electrons. The van der Waals surface area contributed by atoms with Crippen LogP contribution in [0, 0.1) is 11.8 Å². The molecule has 1 aliphatic carbocycles. The zero-order valence-electron chi connectivity index (χ0n) is 16.2. The van der Waals surface area contributed by atoms with E-state index >= 15 is 0 Å². The minimum atomic E-state index is -0.890. The van der Waals surface area contributed by atoms with Gasteiger partial charge in [0.15, 0.2) is 0 Å². The van der Waals surface area contributed by atoms with Gasteiger partial charge in [0, 0.05) is 17.8 Å². The van der Waals surface area contributed by atoms with Gasteiger partial charge < -0.3 is 9.47 Å². The van der Waals surface area contributed by atoms with Crippen LogP contribution in [-0.4, -0.2) is 30.1 Å². The summed E-state index contributed by atoms with van der Waals surface area (Å²) in [6, 6.07) is 9.84. The van der Waals surface area contributed by atoms with Crippen LogP contribution >= 0.6 is 0 Å². The van der Waals surface area contributed by atoms with E-state index in [0.717, 1.165) is 22.3 Å². The number of hydrogen-bond donors (Lipinski definition) is 0. The van der Waals surface area contributed by atoms with Gasteiger partial charge in [0.1, 0.15) is 0 Å². The van der Waals surface area contributed by atoms with Gasteiger partial charge in [-0.2, -0.15) is 0 Å². The Bertz CT molecular complexity index is 789. The Morgan fingerprint density at radius 1 is 0.926 bits per heavy atom. The number of fused-ring (bicyclic) bond motifs is 3. The molecule has 2 atom stereocenters. The topological polar surface area (TPSA) is 65.5 Å². The maximum Gasteiger partial charge on any atom is 0.309 e. The molecular weight excluding hydrogens is 342 g/mol. The number of ether oxygens (including phenoxy) is 2. The Kier molecular flexibility index (Phi) is 5.31. The van der Waals surface area contributed by atoms with Crippen LogP contribution in [0.5, 0.6) is 0 Å². The average Bonchev–Trinajstić information content (AvgIpc) is 2.98. The maximum atomic E-state index is 12.8. The largest absolute Gasteiger partial charge is 0.466 e. The fourth-order valence-electron chi connectivity index (χ4n) is 4.40. The Labute approximate surface area is 159 Å². The van der Waals surface area contributed by atoms with Gasteiger partial charge in [0.2, 0.25) is 0 Å². The zero-order valence-corrected chi connectivity index (χ0v) is 16.2. The molecule has 2 aromatic rings. The Balaban J connectivity index is 2.30. The predicted molar refractivity (Wildman–Crippen MR) is 102 cm³/mol. The molecular formula is C22H25NO4. The normalized spacial score (nSPS) is 19.6. The lowest BCUT2D eigenvalue weighted by atomic mass is 9.62. The van der Waals surface area contributed by atoms with Crippen molar-refractivity contribution in [1.82, 2.24) is 4.98 Å². The van der Waals surface area contributed by atoms with E-state index in [2.05, 4.69) is 4.98 Å². The number of benzene rings is 1. The third kappa shape index (κ3) is 2.82. The number of carbonyl (C=O) groups is 2. The summed E-state index contributed by atoms with van der Waals surface area (Å²) in [5.41, 5.74) is 2.93. The molecule has 0 saturated carbocycles. The van der Waals surface area contributed by atoms with E-state index in [1.54, 1.807) is 26.2 Å². The van der Waals surface area contributed by atoms with Crippen molar-refractivity contribution in [2.24, 2.45) is 11.8 Å². The summed E-state index contributed by atoms with van der Waals surface area (Å²) < 4.78 is 10.7. The molecule has 0 saturated heterocycles. The number of nitrogens with zero attached hydrogens (tertiary/aromatic N) is 1. The third-order valence-corrected chi connectivity index (χ3v) is 5.58. The summed E-state index contributed by atoms with van der Waals surface area (Å²) in [6.45, 7) is 7.79. The van der Waals surface area contributed by atoms with Gasteiger partial charge in [-0.15, -0.1) is 0 Å². The maximum absolute atomic E-state index is 12.8. The lowest BCUT2D eigenvalue weighted by molar-refractivity contribution is -0.155. The summed E-state index contributed by atoms with van der Waals surface area (Å²) in [5, 5.41) is 0. The van der Waals surface area contributed by atoms with Crippen LogP contribution in [0.15, 0.2) is 42.7 Å². The van der Waals surface area contributed by atoms with Crippen molar-refractivity contribution >= 4 is 11.9 Å². The molecule has 0 N–H and O–H groups in total. The van der Waals surface area contributed by atoms with Crippen LogP contribution in [0.4, 0.5) is 0 Å². The molecule has 142 valence electrons. The Morgan fingerprint density at radius 3 is 2.07 bits per heavy atom. The monoisotopic (exact) mass is 367 g/mol. The van der Waals surface area contributed by atoms with Crippen LogP contribution in [0.2, 0.25) is 0 Å². The van der Waals surface area contributed by atoms with Gasteiger partial charge in [-0.05, 0) is 42.2 Å². The summed E-state index contributed by atoms with van der Waals surface area (Å²) in [7, 11) is 0. The molecule has 1 heterocycles. The highest BCUT2D eigenvalue weighted by Crippen LogP contribution is 2.56. The highest BCUT2D eigenvalue weighted by atomic mass is 16.5. The number of pyridine rings is 1. The Hall–Kier alpha value is -2.69. The fourth-order valence-corrected chi connectivity index (χ4v) is 4.40. The van der Waals surface area contributed by atoms with Crippen LogP contribution in [0.3, 0.4) is 0 Å². The minimum Gasteiger partial charge on any atom is -0.466 e. The van der Waals surface area contributed by atoms with Crippen LogP contribution in [-0.2, 0) is 24.5 Å². The van der Waals surface area contributed by atoms with Gasteiger partial charge in [-0.25, -0.2) is 0 Å². The molecule has 0 fully saturated rings. The van der Waals surface area contributed by atoms with E-state index in [0.29, 0.717) is 0 Å². The van der Waals surface area contributed by atoms with E-state index < -0.39 is 17.3 Å². The first-order valence-electron chi connectivity index (χ1n) is 9.37. The minimum absolute atomic E-state index is 0.286. The van der Waals surface area contributed by atoms with Crippen molar-refractivity contribution < 1.29 is 19.1 Å². The first kappa shape index (κ1) is 19.1. The number of carbonyl (C=O) groups excluding carboxylic acids is 2. The van der Waals surface area contributed by atoms with E-state index in [-0.39, 0.29) is 25.2 Å². The number of esters is 2.